The van der Waals surface area contributed by atoms with Crippen molar-refractivity contribution < 1.29 is 4.39 Å². The van der Waals surface area contributed by atoms with Crippen LogP contribution in [-0.2, 0) is 12.2 Å². The van der Waals surface area contributed by atoms with Crippen molar-refractivity contribution in [1.82, 2.24) is 5.32 Å². The van der Waals surface area contributed by atoms with Gasteiger partial charge in [0.2, 0.25) is 0 Å². The second-order valence-electron chi connectivity index (χ2n) is 5.31. The van der Waals surface area contributed by atoms with Gasteiger partial charge in [-0.3, -0.25) is 0 Å². The van der Waals surface area contributed by atoms with E-state index in [4.69, 9.17) is 0 Å². The van der Waals surface area contributed by atoms with Crippen molar-refractivity contribution in [2.45, 2.75) is 31.6 Å². The first-order chi connectivity index (χ1) is 10.3. The second kappa shape index (κ2) is 6.95. The number of aryl methyl sites for hydroxylation is 1. The van der Waals surface area contributed by atoms with Crippen molar-refractivity contribution in [3.63, 3.8) is 0 Å². The molecule has 1 aromatic carbocycles. The predicted octanol–water partition coefficient (Wildman–Crippen LogP) is 4.77. The molecule has 2 aromatic rings. The molecule has 1 aromatic heterocycles. The Hall–Kier alpha value is -0.840. The third-order valence-electron chi connectivity index (χ3n) is 3.75. The van der Waals surface area contributed by atoms with Crippen LogP contribution in [0.25, 0.3) is 0 Å². The number of fused-ring (bicyclic) bond motifs is 1. The molecule has 21 heavy (non-hydrogen) atoms. The fourth-order valence-electron chi connectivity index (χ4n) is 2.67. The molecule has 0 spiro atoms. The standard InChI is InChI=1S/C17H20FNS2/c1-2-8-19-17(13-5-3-4-6-14(13)18)16-10-12-11-20-9-7-15(12)21-16/h3-6,10,17,19H,2,7-9,11H2,1H3. The van der Waals surface area contributed by atoms with E-state index in [2.05, 4.69) is 18.3 Å². The topological polar surface area (TPSA) is 12.0 Å². The Morgan fingerprint density at radius 3 is 2.95 bits per heavy atom. The van der Waals surface area contributed by atoms with Gasteiger partial charge >= 0.3 is 0 Å². The van der Waals surface area contributed by atoms with Crippen molar-refractivity contribution in [2.75, 3.05) is 12.3 Å². The van der Waals surface area contributed by atoms with Crippen LogP contribution in [0.4, 0.5) is 4.39 Å². The molecule has 1 unspecified atom stereocenters. The zero-order valence-electron chi connectivity index (χ0n) is 12.2. The molecule has 0 fully saturated rings. The SMILES string of the molecule is CCCNC(c1cc2c(s1)CCSC2)c1ccccc1F. The number of nitrogens with one attached hydrogen (secondary N) is 1. The van der Waals surface area contributed by atoms with E-state index >= 15 is 0 Å². The highest BCUT2D eigenvalue weighted by atomic mass is 32.2. The van der Waals surface area contributed by atoms with Crippen LogP contribution in [-0.4, -0.2) is 12.3 Å². The minimum absolute atomic E-state index is 0.0215. The van der Waals surface area contributed by atoms with Gasteiger partial charge in [0.25, 0.3) is 0 Å². The molecule has 0 radical (unpaired) electrons. The largest absolute Gasteiger partial charge is 0.306 e. The summed E-state index contributed by atoms with van der Waals surface area (Å²) in [4.78, 5) is 2.74. The van der Waals surface area contributed by atoms with Gasteiger partial charge in [0.05, 0.1) is 6.04 Å². The number of thioether (sulfide) groups is 1. The second-order valence-corrected chi connectivity index (χ2v) is 7.58. The molecule has 0 saturated heterocycles. The number of rotatable bonds is 5. The van der Waals surface area contributed by atoms with Crippen molar-refractivity contribution in [3.05, 3.63) is 57.0 Å². The molecule has 1 aliphatic rings. The zero-order chi connectivity index (χ0) is 14.7. The zero-order valence-corrected chi connectivity index (χ0v) is 13.8. The lowest BCUT2D eigenvalue weighted by atomic mass is 10.0. The lowest BCUT2D eigenvalue weighted by Gasteiger charge is -2.18. The van der Waals surface area contributed by atoms with E-state index in [0.717, 1.165) is 30.7 Å². The maximum Gasteiger partial charge on any atom is 0.128 e. The first-order valence-corrected chi connectivity index (χ1v) is 9.43. The van der Waals surface area contributed by atoms with E-state index in [1.165, 1.54) is 21.1 Å². The van der Waals surface area contributed by atoms with Crippen molar-refractivity contribution >= 4 is 23.1 Å². The summed E-state index contributed by atoms with van der Waals surface area (Å²) in [5.41, 5.74) is 2.21. The number of hydrogen-bond donors (Lipinski definition) is 1. The fraction of sp³-hybridized carbons (Fsp3) is 0.412. The van der Waals surface area contributed by atoms with E-state index in [0.29, 0.717) is 0 Å². The summed E-state index contributed by atoms with van der Waals surface area (Å²) in [7, 11) is 0. The molecular weight excluding hydrogens is 301 g/mol. The molecular formula is C17H20FNS2. The molecule has 2 heterocycles. The highest BCUT2D eigenvalue weighted by Gasteiger charge is 2.22. The van der Waals surface area contributed by atoms with Gasteiger partial charge in [0, 0.05) is 21.1 Å². The van der Waals surface area contributed by atoms with E-state index < -0.39 is 0 Å². The summed E-state index contributed by atoms with van der Waals surface area (Å²) in [5, 5.41) is 3.52. The predicted molar refractivity (Wildman–Crippen MR) is 90.7 cm³/mol. The highest BCUT2D eigenvalue weighted by Crippen LogP contribution is 2.37. The minimum Gasteiger partial charge on any atom is -0.306 e. The number of thiophene rings is 1. The average Bonchev–Trinajstić information content (AvgIpc) is 2.93. The summed E-state index contributed by atoms with van der Waals surface area (Å²) in [6.45, 7) is 3.04. The van der Waals surface area contributed by atoms with Crippen LogP contribution in [0.5, 0.6) is 0 Å². The summed E-state index contributed by atoms with van der Waals surface area (Å²) in [5.74, 6) is 2.19. The van der Waals surface area contributed by atoms with Gasteiger partial charge in [0.15, 0.2) is 0 Å². The Morgan fingerprint density at radius 2 is 2.19 bits per heavy atom. The third kappa shape index (κ3) is 3.33. The maximum atomic E-state index is 14.2. The maximum absolute atomic E-state index is 14.2. The quantitative estimate of drug-likeness (QED) is 0.851. The molecule has 112 valence electrons. The van der Waals surface area contributed by atoms with Gasteiger partial charge in [0.1, 0.15) is 5.82 Å². The van der Waals surface area contributed by atoms with Gasteiger partial charge in [-0.15, -0.1) is 11.3 Å². The summed E-state index contributed by atoms with van der Waals surface area (Å²) in [6.07, 6.45) is 2.20. The first kappa shape index (κ1) is 15.1. The number of halogens is 1. The van der Waals surface area contributed by atoms with E-state index in [1.807, 2.05) is 35.2 Å². The van der Waals surface area contributed by atoms with Crippen LogP contribution in [0.2, 0.25) is 0 Å². The van der Waals surface area contributed by atoms with Crippen LogP contribution in [0, 0.1) is 5.82 Å². The van der Waals surface area contributed by atoms with E-state index in [1.54, 1.807) is 12.1 Å². The van der Waals surface area contributed by atoms with Crippen LogP contribution in [0.3, 0.4) is 0 Å². The van der Waals surface area contributed by atoms with Crippen LogP contribution in [0.1, 0.15) is 40.3 Å². The molecule has 3 rings (SSSR count). The Kier molecular flexibility index (Phi) is 4.99. The molecule has 1 atom stereocenters. The number of benzene rings is 1. The molecule has 1 N–H and O–H groups in total. The molecule has 1 nitrogen and oxygen atoms in total. The van der Waals surface area contributed by atoms with Crippen LogP contribution >= 0.6 is 23.1 Å². The fourth-order valence-corrected chi connectivity index (χ4v) is 5.15. The van der Waals surface area contributed by atoms with Gasteiger partial charge in [-0.2, -0.15) is 11.8 Å². The summed E-state index contributed by atoms with van der Waals surface area (Å²) >= 11 is 3.85. The lowest BCUT2D eigenvalue weighted by Crippen LogP contribution is -2.23. The van der Waals surface area contributed by atoms with Crippen LogP contribution < -0.4 is 5.32 Å². The van der Waals surface area contributed by atoms with Gasteiger partial charge in [-0.05, 0) is 42.8 Å². The van der Waals surface area contributed by atoms with Gasteiger partial charge in [-0.25, -0.2) is 4.39 Å². The first-order valence-electron chi connectivity index (χ1n) is 7.46. The van der Waals surface area contributed by atoms with Crippen molar-refractivity contribution in [1.29, 1.82) is 0 Å². The smallest absolute Gasteiger partial charge is 0.128 e. The van der Waals surface area contributed by atoms with Gasteiger partial charge in [-0.1, -0.05) is 25.1 Å². The van der Waals surface area contributed by atoms with Crippen molar-refractivity contribution in [3.8, 4) is 0 Å². The Morgan fingerprint density at radius 1 is 1.33 bits per heavy atom. The average molecular weight is 321 g/mol. The normalized spacial score (nSPS) is 15.7. The molecule has 1 aliphatic heterocycles. The molecule has 0 aliphatic carbocycles. The van der Waals surface area contributed by atoms with E-state index in [-0.39, 0.29) is 11.9 Å². The summed E-state index contributed by atoms with van der Waals surface area (Å²) < 4.78 is 14.2. The Balaban J connectivity index is 1.95. The van der Waals surface area contributed by atoms with Crippen LogP contribution in [0.15, 0.2) is 30.3 Å². The van der Waals surface area contributed by atoms with Crippen molar-refractivity contribution in [2.24, 2.45) is 0 Å². The van der Waals surface area contributed by atoms with Gasteiger partial charge < -0.3 is 5.32 Å². The molecule has 4 heteroatoms. The third-order valence-corrected chi connectivity index (χ3v) is 6.06. The molecule has 0 bridgehead atoms. The van der Waals surface area contributed by atoms with E-state index in [9.17, 15) is 4.39 Å². The Bertz CT molecular complexity index is 585. The Labute approximate surface area is 134 Å². The summed E-state index contributed by atoms with van der Waals surface area (Å²) in [6, 6.07) is 9.39. The minimum atomic E-state index is -0.119. The number of hydrogen-bond acceptors (Lipinski definition) is 3. The monoisotopic (exact) mass is 321 g/mol. The molecule has 0 amide bonds. The lowest BCUT2D eigenvalue weighted by molar-refractivity contribution is 0.551. The molecule has 0 saturated carbocycles. The highest BCUT2D eigenvalue weighted by molar-refractivity contribution is 7.98.